The van der Waals surface area contributed by atoms with Gasteiger partial charge in [-0.1, -0.05) is 52.5 Å². The van der Waals surface area contributed by atoms with Gasteiger partial charge in [0.1, 0.15) is 18.3 Å². The summed E-state index contributed by atoms with van der Waals surface area (Å²) in [5, 5.41) is 0.749. The Morgan fingerprint density at radius 2 is 1.53 bits per heavy atom. The summed E-state index contributed by atoms with van der Waals surface area (Å²) in [6, 6.07) is 4.83. The highest BCUT2D eigenvalue weighted by atomic mass is 35.5. The summed E-state index contributed by atoms with van der Waals surface area (Å²) in [7, 11) is 0. The predicted octanol–water partition coefficient (Wildman–Crippen LogP) is 8.99. The molecule has 1 N–H and O–H groups in total. The first-order valence-corrected chi connectivity index (χ1v) is 12.2. The Kier molecular flexibility index (Phi) is 9.02. The summed E-state index contributed by atoms with van der Waals surface area (Å²) < 4.78 is 93.3. The van der Waals surface area contributed by atoms with Crippen molar-refractivity contribution in [1.82, 2.24) is 5.32 Å². The van der Waals surface area contributed by atoms with Gasteiger partial charge in [0, 0.05) is 17.5 Å². The number of alkyl halides is 6. The minimum absolute atomic E-state index is 0.165. The summed E-state index contributed by atoms with van der Waals surface area (Å²) in [5.41, 5.74) is -2.32. The van der Waals surface area contributed by atoms with Crippen LogP contribution >= 0.6 is 46.4 Å². The smallest absolute Gasteiger partial charge is 0.346 e. The van der Waals surface area contributed by atoms with Gasteiger partial charge in [-0.25, -0.2) is 4.39 Å². The van der Waals surface area contributed by atoms with Crippen molar-refractivity contribution < 1.29 is 40.3 Å². The number of hydrogen-bond donors (Lipinski definition) is 1. The molecule has 3 nitrogen and oxygen atoms in total. The SMILES string of the molecule is O=C(CC1(C(=O)NCC(F)(F)F)CC1)c1ccc(/C(F)=C/C(c2cc(Cl)c(Cl)c(Cl)c2)C(F)(F)F)cc1Cl. The zero-order valence-corrected chi connectivity index (χ0v) is 21.9. The van der Waals surface area contributed by atoms with Gasteiger partial charge in [-0.2, -0.15) is 26.3 Å². The molecule has 0 radical (unpaired) electrons. The Morgan fingerprint density at radius 1 is 0.947 bits per heavy atom. The molecule has 1 aliphatic carbocycles. The molecular weight excluding hydrogens is 609 g/mol. The van der Waals surface area contributed by atoms with Crippen LogP contribution in [0.2, 0.25) is 20.1 Å². The molecule has 0 heterocycles. The van der Waals surface area contributed by atoms with Crippen LogP contribution in [0.3, 0.4) is 0 Å². The topological polar surface area (TPSA) is 46.2 Å². The van der Waals surface area contributed by atoms with E-state index in [4.69, 9.17) is 46.4 Å². The molecule has 0 aliphatic heterocycles. The average Bonchev–Trinajstić information content (AvgIpc) is 3.58. The first-order chi connectivity index (χ1) is 17.4. The summed E-state index contributed by atoms with van der Waals surface area (Å²) >= 11 is 23.5. The normalized spacial score (nSPS) is 16.2. The third kappa shape index (κ3) is 7.34. The van der Waals surface area contributed by atoms with Gasteiger partial charge >= 0.3 is 12.4 Å². The molecule has 0 aromatic heterocycles. The van der Waals surface area contributed by atoms with E-state index in [1.54, 1.807) is 5.32 Å². The molecule has 1 fully saturated rings. The average molecular weight is 625 g/mol. The lowest BCUT2D eigenvalue weighted by atomic mass is 9.93. The summed E-state index contributed by atoms with van der Waals surface area (Å²) in [5.74, 6) is -5.39. The number of carbonyl (C=O) groups is 2. The molecule has 3 rings (SSSR count). The maximum absolute atomic E-state index is 14.9. The molecular formula is C24H16Cl4F7NO2. The van der Waals surface area contributed by atoms with Gasteiger partial charge < -0.3 is 5.32 Å². The quantitative estimate of drug-likeness (QED) is 0.181. The minimum Gasteiger partial charge on any atom is -0.346 e. The number of carbonyl (C=O) groups excluding carboxylic acids is 2. The maximum Gasteiger partial charge on any atom is 0.405 e. The number of allylic oxidation sites excluding steroid dienone is 1. The van der Waals surface area contributed by atoms with Crippen molar-refractivity contribution in [1.29, 1.82) is 0 Å². The van der Waals surface area contributed by atoms with E-state index < -0.39 is 59.7 Å². The van der Waals surface area contributed by atoms with Crippen LogP contribution in [0.1, 0.15) is 46.7 Å². The van der Waals surface area contributed by atoms with E-state index >= 15 is 0 Å². The van der Waals surface area contributed by atoms with Crippen LogP contribution < -0.4 is 5.32 Å². The maximum atomic E-state index is 14.9. The number of Topliss-reactive ketones (excluding diaryl/α,β-unsaturated/α-hetero) is 1. The fourth-order valence-electron chi connectivity index (χ4n) is 3.67. The lowest BCUT2D eigenvalue weighted by Gasteiger charge is -2.19. The van der Waals surface area contributed by atoms with Gasteiger partial charge in [0.2, 0.25) is 5.91 Å². The van der Waals surface area contributed by atoms with Crippen LogP contribution in [0.15, 0.2) is 36.4 Å². The standard InChI is InChI=1S/C24H16Cl4F7NO2/c25-15-5-11(18(29)8-14(24(33,34)35)12-6-16(26)20(28)17(27)7-12)1-2-13(15)19(37)9-22(3-4-22)21(38)36-10-23(30,31)32/h1-2,5-8,14H,3-4,9-10H2,(H,36,38)/b18-8-. The Morgan fingerprint density at radius 3 is 2.00 bits per heavy atom. The zero-order chi connectivity index (χ0) is 28.6. The van der Waals surface area contributed by atoms with Gasteiger partial charge in [-0.05, 0) is 48.7 Å². The first-order valence-electron chi connectivity index (χ1n) is 10.7. The highest BCUT2D eigenvalue weighted by molar-refractivity contribution is 6.48. The van der Waals surface area contributed by atoms with Crippen molar-refractivity contribution in [2.45, 2.75) is 37.5 Å². The Balaban J connectivity index is 1.82. The van der Waals surface area contributed by atoms with Crippen LogP contribution in [-0.4, -0.2) is 30.6 Å². The minimum atomic E-state index is -4.94. The zero-order valence-electron chi connectivity index (χ0n) is 18.8. The molecule has 2 aromatic carbocycles. The van der Waals surface area contributed by atoms with Crippen LogP contribution in [0.4, 0.5) is 30.7 Å². The highest BCUT2D eigenvalue weighted by Gasteiger charge is 2.51. The van der Waals surface area contributed by atoms with Crippen molar-refractivity contribution in [3.05, 3.63) is 73.2 Å². The van der Waals surface area contributed by atoms with E-state index in [1.807, 2.05) is 0 Å². The predicted molar refractivity (Wildman–Crippen MR) is 130 cm³/mol. The molecule has 0 saturated heterocycles. The number of ketones is 1. The van der Waals surface area contributed by atoms with E-state index in [9.17, 15) is 40.3 Å². The van der Waals surface area contributed by atoms with Crippen molar-refractivity contribution in [2.24, 2.45) is 5.41 Å². The number of hydrogen-bond acceptors (Lipinski definition) is 2. The molecule has 1 unspecified atom stereocenters. The highest BCUT2D eigenvalue weighted by Crippen LogP contribution is 2.50. The van der Waals surface area contributed by atoms with Crippen molar-refractivity contribution in [3.8, 4) is 0 Å². The van der Waals surface area contributed by atoms with E-state index in [0.29, 0.717) is 0 Å². The number of rotatable bonds is 8. The molecule has 14 heteroatoms. The van der Waals surface area contributed by atoms with Gasteiger partial charge in [-0.15, -0.1) is 0 Å². The van der Waals surface area contributed by atoms with Crippen molar-refractivity contribution in [3.63, 3.8) is 0 Å². The van der Waals surface area contributed by atoms with Crippen molar-refractivity contribution >= 4 is 63.9 Å². The van der Waals surface area contributed by atoms with Crippen LogP contribution in [0.5, 0.6) is 0 Å². The largest absolute Gasteiger partial charge is 0.405 e. The first kappa shape index (κ1) is 30.5. The van der Waals surface area contributed by atoms with E-state index in [1.165, 1.54) is 0 Å². The van der Waals surface area contributed by atoms with E-state index in [0.717, 1.165) is 30.3 Å². The number of benzene rings is 2. The van der Waals surface area contributed by atoms with Gasteiger partial charge in [0.25, 0.3) is 0 Å². The fraction of sp³-hybridized carbons (Fsp3) is 0.333. The van der Waals surface area contributed by atoms with Crippen molar-refractivity contribution in [2.75, 3.05) is 6.54 Å². The fourth-order valence-corrected chi connectivity index (χ4v) is 4.57. The lowest BCUT2D eigenvalue weighted by molar-refractivity contribution is -0.141. The molecule has 1 saturated carbocycles. The molecule has 206 valence electrons. The van der Waals surface area contributed by atoms with Crippen LogP contribution in [-0.2, 0) is 4.79 Å². The van der Waals surface area contributed by atoms with E-state index in [-0.39, 0.29) is 50.1 Å². The van der Waals surface area contributed by atoms with Crippen LogP contribution in [0.25, 0.3) is 5.83 Å². The van der Waals surface area contributed by atoms with Gasteiger partial charge in [0.15, 0.2) is 5.78 Å². The molecule has 0 bridgehead atoms. The molecule has 0 spiro atoms. The Bertz CT molecular complexity index is 1260. The molecule has 2 aromatic rings. The Hall–Kier alpha value is -2.01. The summed E-state index contributed by atoms with van der Waals surface area (Å²) in [6.45, 7) is -1.55. The number of halogens is 11. The number of amides is 1. The second-order valence-corrected chi connectivity index (χ2v) is 10.3. The van der Waals surface area contributed by atoms with Gasteiger partial charge in [-0.3, -0.25) is 9.59 Å². The second kappa shape index (κ2) is 11.2. The Labute approximate surface area is 231 Å². The molecule has 1 atom stereocenters. The number of nitrogens with one attached hydrogen (secondary N) is 1. The molecule has 1 amide bonds. The third-order valence-corrected chi connectivity index (χ3v) is 7.37. The molecule has 1 aliphatic rings. The monoisotopic (exact) mass is 623 g/mol. The molecule has 38 heavy (non-hydrogen) atoms. The summed E-state index contributed by atoms with van der Waals surface area (Å²) in [4.78, 5) is 24.9. The van der Waals surface area contributed by atoms with E-state index in [2.05, 4.69) is 0 Å². The third-order valence-electron chi connectivity index (χ3n) is 5.86. The van der Waals surface area contributed by atoms with Gasteiger partial charge in [0.05, 0.1) is 25.5 Å². The summed E-state index contributed by atoms with van der Waals surface area (Å²) in [6.07, 6.45) is -9.35. The second-order valence-electron chi connectivity index (χ2n) is 8.71. The lowest BCUT2D eigenvalue weighted by Crippen LogP contribution is -2.39. The van der Waals surface area contributed by atoms with Crippen LogP contribution in [0, 0.1) is 5.41 Å².